The lowest BCUT2D eigenvalue weighted by Crippen LogP contribution is -2.37. The van der Waals surface area contributed by atoms with Crippen LogP contribution in [0.4, 0.5) is 0 Å². The quantitative estimate of drug-likeness (QED) is 0.659. The molecule has 0 bridgehead atoms. The summed E-state index contributed by atoms with van der Waals surface area (Å²) in [6, 6.07) is 6.56. The zero-order valence-corrected chi connectivity index (χ0v) is 13.3. The number of hydrogen-bond acceptors (Lipinski definition) is 1. The predicted molar refractivity (Wildman–Crippen MR) is 84.5 cm³/mol. The molecule has 0 heterocycles. The van der Waals surface area contributed by atoms with Crippen molar-refractivity contribution < 1.29 is 0 Å². The van der Waals surface area contributed by atoms with Crippen molar-refractivity contribution in [1.82, 2.24) is 4.90 Å². The van der Waals surface area contributed by atoms with E-state index in [-0.39, 0.29) is 0 Å². The second kappa shape index (κ2) is 7.73. The van der Waals surface area contributed by atoms with Crippen LogP contribution in [0.2, 0.25) is 10.0 Å². The molecule has 0 atom stereocenters. The van der Waals surface area contributed by atoms with E-state index in [9.17, 15) is 0 Å². The van der Waals surface area contributed by atoms with Gasteiger partial charge < -0.3 is 0 Å². The third-order valence-corrected chi connectivity index (χ3v) is 4.74. The maximum atomic E-state index is 6.08. The van der Waals surface area contributed by atoms with Gasteiger partial charge in [-0.15, -0.1) is 11.6 Å². The molecule has 1 aromatic carbocycles. The summed E-state index contributed by atoms with van der Waals surface area (Å²) in [5, 5.41) is 1.25. The van der Waals surface area contributed by atoms with Crippen molar-refractivity contribution >= 4 is 34.8 Å². The number of rotatable bonds is 5. The summed E-state index contributed by atoms with van der Waals surface area (Å²) in [5.41, 5.74) is 1.21. The molecule has 0 N–H and O–H groups in total. The summed E-state index contributed by atoms with van der Waals surface area (Å²) >= 11 is 18.0. The molecule has 2 rings (SSSR count). The first-order valence-corrected chi connectivity index (χ1v) is 8.23. The lowest BCUT2D eigenvalue weighted by Gasteiger charge is -2.34. The van der Waals surface area contributed by atoms with Crippen LogP contribution in [0.5, 0.6) is 0 Å². The van der Waals surface area contributed by atoms with Gasteiger partial charge in [0.15, 0.2) is 0 Å². The van der Waals surface area contributed by atoms with Gasteiger partial charge in [0.2, 0.25) is 0 Å². The second-order valence-corrected chi connectivity index (χ2v) is 6.39. The minimum absolute atomic E-state index is 0.618. The molecular weight excluding hydrogens is 301 g/mol. The average Bonchev–Trinajstić information content (AvgIpc) is 2.43. The van der Waals surface area contributed by atoms with Crippen molar-refractivity contribution in [3.63, 3.8) is 0 Å². The molecule has 4 heteroatoms. The minimum Gasteiger partial charge on any atom is -0.295 e. The van der Waals surface area contributed by atoms with Gasteiger partial charge in [0, 0.05) is 25.0 Å². The number of benzene rings is 1. The fourth-order valence-electron chi connectivity index (χ4n) is 2.82. The van der Waals surface area contributed by atoms with Crippen molar-refractivity contribution in [3.8, 4) is 0 Å². The van der Waals surface area contributed by atoms with Crippen molar-refractivity contribution in [2.24, 2.45) is 0 Å². The third kappa shape index (κ3) is 4.53. The molecule has 0 saturated heterocycles. The molecule has 106 valence electrons. The van der Waals surface area contributed by atoms with Gasteiger partial charge in [0.25, 0.3) is 0 Å². The standard InChI is InChI=1S/C15H20Cl3N/c16-8-9-19(13-4-2-1-3-5-13)11-12-6-7-14(17)15(18)10-12/h6-7,10,13H,1-5,8-9,11H2. The van der Waals surface area contributed by atoms with Crippen LogP contribution in [0, 0.1) is 0 Å². The van der Waals surface area contributed by atoms with Gasteiger partial charge in [0.05, 0.1) is 10.0 Å². The molecule has 0 aromatic heterocycles. The monoisotopic (exact) mass is 319 g/mol. The van der Waals surface area contributed by atoms with Crippen LogP contribution in [0.1, 0.15) is 37.7 Å². The zero-order valence-electron chi connectivity index (χ0n) is 11.0. The topological polar surface area (TPSA) is 3.24 Å². The van der Waals surface area contributed by atoms with Crippen LogP contribution in [0.15, 0.2) is 18.2 Å². The van der Waals surface area contributed by atoms with E-state index in [1.165, 1.54) is 37.7 Å². The van der Waals surface area contributed by atoms with Crippen LogP contribution in [-0.4, -0.2) is 23.4 Å². The predicted octanol–water partition coefficient (Wildman–Crippen LogP) is 5.37. The van der Waals surface area contributed by atoms with Gasteiger partial charge in [-0.1, -0.05) is 48.5 Å². The van der Waals surface area contributed by atoms with E-state index in [0.717, 1.165) is 13.1 Å². The van der Waals surface area contributed by atoms with Crippen LogP contribution < -0.4 is 0 Å². The lowest BCUT2D eigenvalue weighted by atomic mass is 9.94. The molecule has 0 spiro atoms. The van der Waals surface area contributed by atoms with Crippen LogP contribution in [-0.2, 0) is 6.54 Å². The Balaban J connectivity index is 2.04. The van der Waals surface area contributed by atoms with Gasteiger partial charge in [-0.25, -0.2) is 0 Å². The summed E-state index contributed by atoms with van der Waals surface area (Å²) in [7, 11) is 0. The molecule has 1 aliphatic carbocycles. The van der Waals surface area contributed by atoms with E-state index in [4.69, 9.17) is 34.8 Å². The lowest BCUT2D eigenvalue weighted by molar-refractivity contribution is 0.157. The summed E-state index contributed by atoms with van der Waals surface area (Å²) in [5.74, 6) is 0.678. The Labute approximate surface area is 130 Å². The first-order valence-electron chi connectivity index (χ1n) is 6.94. The molecule has 1 saturated carbocycles. The molecule has 0 amide bonds. The minimum atomic E-state index is 0.618. The van der Waals surface area contributed by atoms with E-state index in [0.29, 0.717) is 22.0 Å². The number of nitrogens with zero attached hydrogens (tertiary/aromatic N) is 1. The largest absolute Gasteiger partial charge is 0.295 e. The highest BCUT2D eigenvalue weighted by Gasteiger charge is 2.20. The maximum Gasteiger partial charge on any atom is 0.0595 e. The molecule has 1 fully saturated rings. The maximum absolute atomic E-state index is 6.08. The van der Waals surface area contributed by atoms with E-state index in [2.05, 4.69) is 11.0 Å². The van der Waals surface area contributed by atoms with E-state index >= 15 is 0 Å². The van der Waals surface area contributed by atoms with Gasteiger partial charge in [-0.3, -0.25) is 4.90 Å². The Bertz CT molecular complexity index is 402. The highest BCUT2D eigenvalue weighted by atomic mass is 35.5. The normalized spacial score (nSPS) is 17.1. The molecule has 19 heavy (non-hydrogen) atoms. The number of halogens is 3. The average molecular weight is 321 g/mol. The first-order chi connectivity index (χ1) is 9.20. The summed E-state index contributed by atoms with van der Waals surface area (Å²) < 4.78 is 0. The fraction of sp³-hybridized carbons (Fsp3) is 0.600. The zero-order chi connectivity index (χ0) is 13.7. The number of hydrogen-bond donors (Lipinski definition) is 0. The Morgan fingerprint density at radius 1 is 1.05 bits per heavy atom. The highest BCUT2D eigenvalue weighted by molar-refractivity contribution is 6.42. The van der Waals surface area contributed by atoms with Gasteiger partial charge >= 0.3 is 0 Å². The first kappa shape index (κ1) is 15.4. The summed E-state index contributed by atoms with van der Waals surface area (Å²) in [6.45, 7) is 1.85. The Morgan fingerprint density at radius 3 is 2.42 bits per heavy atom. The summed E-state index contributed by atoms with van der Waals surface area (Å²) in [4.78, 5) is 2.49. The van der Waals surface area contributed by atoms with E-state index in [1.807, 2.05) is 12.1 Å². The molecule has 0 unspecified atom stereocenters. The Hall–Kier alpha value is 0.0500. The van der Waals surface area contributed by atoms with Crippen molar-refractivity contribution in [2.45, 2.75) is 44.7 Å². The third-order valence-electron chi connectivity index (χ3n) is 3.83. The molecule has 1 nitrogen and oxygen atoms in total. The van der Waals surface area contributed by atoms with E-state index < -0.39 is 0 Å². The molecule has 0 aliphatic heterocycles. The number of alkyl halides is 1. The second-order valence-electron chi connectivity index (χ2n) is 5.20. The van der Waals surface area contributed by atoms with Gasteiger partial charge in [-0.05, 0) is 30.5 Å². The van der Waals surface area contributed by atoms with Crippen molar-refractivity contribution in [2.75, 3.05) is 12.4 Å². The molecule has 1 aromatic rings. The SMILES string of the molecule is ClCCN(Cc1ccc(Cl)c(Cl)c1)C1CCCCC1. The fourth-order valence-corrected chi connectivity index (χ4v) is 3.36. The van der Waals surface area contributed by atoms with Crippen molar-refractivity contribution in [1.29, 1.82) is 0 Å². The molecule has 1 aliphatic rings. The Kier molecular flexibility index (Phi) is 6.28. The Morgan fingerprint density at radius 2 is 1.79 bits per heavy atom. The van der Waals surface area contributed by atoms with Gasteiger partial charge in [0.1, 0.15) is 0 Å². The van der Waals surface area contributed by atoms with Gasteiger partial charge in [-0.2, -0.15) is 0 Å². The summed E-state index contributed by atoms with van der Waals surface area (Å²) in [6.07, 6.45) is 6.63. The smallest absolute Gasteiger partial charge is 0.0595 e. The molecular formula is C15H20Cl3N. The van der Waals surface area contributed by atoms with E-state index in [1.54, 1.807) is 0 Å². The van der Waals surface area contributed by atoms with Crippen molar-refractivity contribution in [3.05, 3.63) is 33.8 Å². The molecule has 0 radical (unpaired) electrons. The van der Waals surface area contributed by atoms with Crippen LogP contribution in [0.25, 0.3) is 0 Å². The van der Waals surface area contributed by atoms with Crippen LogP contribution in [0.3, 0.4) is 0 Å². The van der Waals surface area contributed by atoms with Crippen LogP contribution >= 0.6 is 34.8 Å². The highest BCUT2D eigenvalue weighted by Crippen LogP contribution is 2.26.